The summed E-state index contributed by atoms with van der Waals surface area (Å²) in [5, 5.41) is 15.6. The molecular formula is C25H32N2O3S. The number of aliphatic carboxylic acids is 1. The number of nitrogens with zero attached hydrogens (tertiary/aromatic N) is 1. The number of anilines is 1. The zero-order valence-corrected chi connectivity index (χ0v) is 19.2. The molecule has 1 aliphatic carbocycles. The minimum Gasteiger partial charge on any atom is -0.481 e. The highest BCUT2D eigenvalue weighted by Crippen LogP contribution is 2.33. The largest absolute Gasteiger partial charge is 0.481 e. The maximum atomic E-state index is 12.5. The third-order valence-electron chi connectivity index (χ3n) is 6.46. The second-order valence-electron chi connectivity index (χ2n) is 8.42. The normalized spacial score (nSPS) is 15.3. The lowest BCUT2D eigenvalue weighted by atomic mass is 9.79. The highest BCUT2D eigenvalue weighted by molar-refractivity contribution is 7.10. The first-order valence-electron chi connectivity index (χ1n) is 11.2. The Hall–Kier alpha value is -2.47. The first kappa shape index (κ1) is 23.2. The number of carboxylic acids is 1. The van der Waals surface area contributed by atoms with Gasteiger partial charge < -0.3 is 10.4 Å². The van der Waals surface area contributed by atoms with Crippen molar-refractivity contribution < 1.29 is 14.7 Å². The summed E-state index contributed by atoms with van der Waals surface area (Å²) in [5.41, 5.74) is 1.84. The smallest absolute Gasteiger partial charge is 0.310 e. The van der Waals surface area contributed by atoms with Crippen LogP contribution in [0.3, 0.4) is 0 Å². The van der Waals surface area contributed by atoms with Crippen molar-refractivity contribution in [3.05, 3.63) is 45.9 Å². The van der Waals surface area contributed by atoms with E-state index in [9.17, 15) is 14.7 Å². The lowest BCUT2D eigenvalue weighted by molar-refractivity contribution is -0.151. The predicted octanol–water partition coefficient (Wildman–Crippen LogP) is 6.58. The van der Waals surface area contributed by atoms with Crippen LogP contribution >= 0.6 is 11.3 Å². The standard InChI is InChI=1S/C25H32N2O3S/c1-3-25(4-2,24(29)30)16-22(28)26-20-12-8-9-18(15-20)13-14-23-27-21(17-31-23)19-10-6-5-7-11-19/h8-9,12-15,17,19H,3-7,10-11,16H2,1-2H3,(H,26,28)(H,29,30). The first-order valence-corrected chi connectivity index (χ1v) is 12.1. The molecule has 31 heavy (non-hydrogen) atoms. The van der Waals surface area contributed by atoms with Crippen LogP contribution in [-0.2, 0) is 9.59 Å². The van der Waals surface area contributed by atoms with Gasteiger partial charge in [0.2, 0.25) is 5.91 Å². The van der Waals surface area contributed by atoms with Crippen LogP contribution in [0.25, 0.3) is 12.2 Å². The number of aromatic nitrogens is 1. The van der Waals surface area contributed by atoms with Crippen LogP contribution in [0.2, 0.25) is 0 Å². The van der Waals surface area contributed by atoms with Crippen molar-refractivity contribution in [2.45, 2.75) is 71.1 Å². The van der Waals surface area contributed by atoms with Gasteiger partial charge >= 0.3 is 5.97 Å². The fourth-order valence-electron chi connectivity index (χ4n) is 4.24. The second kappa shape index (κ2) is 10.7. The van der Waals surface area contributed by atoms with Gasteiger partial charge in [-0.3, -0.25) is 9.59 Å². The maximum Gasteiger partial charge on any atom is 0.310 e. The van der Waals surface area contributed by atoms with E-state index in [2.05, 4.69) is 10.7 Å². The second-order valence-corrected chi connectivity index (χ2v) is 9.31. The number of carbonyl (C=O) groups excluding carboxylic acids is 1. The van der Waals surface area contributed by atoms with E-state index in [4.69, 9.17) is 4.98 Å². The molecule has 1 aromatic heterocycles. The van der Waals surface area contributed by atoms with E-state index in [1.165, 1.54) is 37.8 Å². The molecule has 1 saturated carbocycles. The number of hydrogen-bond acceptors (Lipinski definition) is 4. The lowest BCUT2D eigenvalue weighted by Gasteiger charge is -2.25. The molecule has 1 aromatic carbocycles. The molecule has 5 nitrogen and oxygen atoms in total. The molecule has 0 atom stereocenters. The van der Waals surface area contributed by atoms with Crippen molar-refractivity contribution >= 4 is 41.1 Å². The lowest BCUT2D eigenvalue weighted by Crippen LogP contribution is -2.34. The Morgan fingerprint density at radius 2 is 1.94 bits per heavy atom. The molecule has 1 heterocycles. The van der Waals surface area contributed by atoms with E-state index in [1.54, 1.807) is 11.3 Å². The molecule has 0 saturated heterocycles. The molecule has 0 aliphatic heterocycles. The summed E-state index contributed by atoms with van der Waals surface area (Å²) in [6.45, 7) is 3.63. The first-order chi connectivity index (χ1) is 15.0. The van der Waals surface area contributed by atoms with Crippen molar-refractivity contribution in [1.82, 2.24) is 4.98 Å². The average Bonchev–Trinajstić information content (AvgIpc) is 3.26. The Kier molecular flexibility index (Phi) is 8.02. The molecule has 2 aromatic rings. The van der Waals surface area contributed by atoms with Gasteiger partial charge in [0, 0.05) is 23.4 Å². The molecular weight excluding hydrogens is 408 g/mol. The molecule has 1 fully saturated rings. The summed E-state index contributed by atoms with van der Waals surface area (Å²) in [6, 6.07) is 7.57. The summed E-state index contributed by atoms with van der Waals surface area (Å²) < 4.78 is 0. The zero-order valence-electron chi connectivity index (χ0n) is 18.4. The number of carbonyl (C=O) groups is 2. The predicted molar refractivity (Wildman–Crippen MR) is 127 cm³/mol. The number of rotatable bonds is 9. The van der Waals surface area contributed by atoms with E-state index < -0.39 is 11.4 Å². The fraction of sp³-hybridized carbons (Fsp3) is 0.480. The average molecular weight is 441 g/mol. The van der Waals surface area contributed by atoms with E-state index in [0.717, 1.165) is 10.6 Å². The van der Waals surface area contributed by atoms with Gasteiger partial charge in [0.05, 0.1) is 11.1 Å². The molecule has 3 rings (SSSR count). The Bertz CT molecular complexity index is 924. The van der Waals surface area contributed by atoms with Crippen molar-refractivity contribution in [3.8, 4) is 0 Å². The fourth-order valence-corrected chi connectivity index (χ4v) is 5.03. The SMILES string of the molecule is CCC(CC)(CC(=O)Nc1cccc(C=Cc2nc(C3CCCCC3)cs2)c1)C(=O)O. The van der Waals surface area contributed by atoms with Crippen molar-refractivity contribution in [3.63, 3.8) is 0 Å². The van der Waals surface area contributed by atoms with Crippen molar-refractivity contribution in [2.24, 2.45) is 5.41 Å². The third-order valence-corrected chi connectivity index (χ3v) is 7.29. The van der Waals surface area contributed by atoms with Gasteiger partial charge in [-0.1, -0.05) is 51.3 Å². The van der Waals surface area contributed by atoms with Crippen molar-refractivity contribution in [2.75, 3.05) is 5.32 Å². The van der Waals surface area contributed by atoms with E-state index in [-0.39, 0.29) is 12.3 Å². The summed E-state index contributed by atoms with van der Waals surface area (Å²) in [6.07, 6.45) is 11.3. The molecule has 2 N–H and O–H groups in total. The van der Waals surface area contributed by atoms with Gasteiger partial charge in [-0.25, -0.2) is 4.98 Å². The minimum atomic E-state index is -1.01. The number of benzene rings is 1. The van der Waals surface area contributed by atoms with E-state index in [1.807, 2.05) is 50.3 Å². The molecule has 6 heteroatoms. The van der Waals surface area contributed by atoms with Crippen LogP contribution < -0.4 is 5.32 Å². The van der Waals surface area contributed by atoms with E-state index >= 15 is 0 Å². The molecule has 0 unspecified atom stereocenters. The summed E-state index contributed by atoms with van der Waals surface area (Å²) in [7, 11) is 0. The van der Waals surface area contributed by atoms with E-state index in [0.29, 0.717) is 24.4 Å². The Balaban J connectivity index is 1.63. The Morgan fingerprint density at radius 3 is 2.61 bits per heavy atom. The quantitative estimate of drug-likeness (QED) is 0.461. The molecule has 0 bridgehead atoms. The maximum absolute atomic E-state index is 12.5. The number of amides is 1. The minimum absolute atomic E-state index is 0.0293. The van der Waals surface area contributed by atoms with Crippen LogP contribution in [0.5, 0.6) is 0 Å². The molecule has 166 valence electrons. The van der Waals surface area contributed by atoms with Gasteiger partial charge in [-0.15, -0.1) is 11.3 Å². The summed E-state index contributed by atoms with van der Waals surface area (Å²) in [5.74, 6) is -0.584. The molecule has 0 radical (unpaired) electrons. The summed E-state index contributed by atoms with van der Waals surface area (Å²) >= 11 is 1.67. The van der Waals surface area contributed by atoms with Crippen LogP contribution in [0.4, 0.5) is 5.69 Å². The number of carboxylic acid groups (broad SMARTS) is 1. The Morgan fingerprint density at radius 1 is 1.19 bits per heavy atom. The Labute approximate surface area is 188 Å². The van der Waals surface area contributed by atoms with Gasteiger partial charge in [-0.2, -0.15) is 0 Å². The van der Waals surface area contributed by atoms with Crippen LogP contribution in [-0.4, -0.2) is 22.0 Å². The zero-order chi connectivity index (χ0) is 22.3. The van der Waals surface area contributed by atoms with Crippen LogP contribution in [0.15, 0.2) is 29.6 Å². The third kappa shape index (κ3) is 6.03. The highest BCUT2D eigenvalue weighted by atomic mass is 32.1. The monoisotopic (exact) mass is 440 g/mol. The van der Waals surface area contributed by atoms with Crippen LogP contribution in [0, 0.1) is 5.41 Å². The molecule has 1 aliphatic rings. The highest BCUT2D eigenvalue weighted by Gasteiger charge is 2.37. The molecule has 1 amide bonds. The van der Waals surface area contributed by atoms with Gasteiger partial charge in [0.25, 0.3) is 0 Å². The summed E-state index contributed by atoms with van der Waals surface area (Å²) in [4.78, 5) is 28.9. The number of thiazole rings is 1. The van der Waals surface area contributed by atoms with Crippen molar-refractivity contribution in [1.29, 1.82) is 0 Å². The van der Waals surface area contributed by atoms with Gasteiger partial charge in [0.15, 0.2) is 0 Å². The number of nitrogens with one attached hydrogen (secondary N) is 1. The number of hydrogen-bond donors (Lipinski definition) is 2. The van der Waals surface area contributed by atoms with Crippen LogP contribution in [0.1, 0.15) is 87.4 Å². The van der Waals surface area contributed by atoms with Gasteiger partial charge in [-0.05, 0) is 49.5 Å². The molecule has 0 spiro atoms. The topological polar surface area (TPSA) is 79.3 Å². The van der Waals surface area contributed by atoms with Gasteiger partial charge in [0.1, 0.15) is 5.01 Å².